The summed E-state index contributed by atoms with van der Waals surface area (Å²) in [4.78, 5) is 0. The van der Waals surface area contributed by atoms with Gasteiger partial charge in [-0.05, 0) is 12.3 Å². The lowest BCUT2D eigenvalue weighted by Gasteiger charge is -2.15. The van der Waals surface area contributed by atoms with Gasteiger partial charge in [-0.15, -0.1) is 0 Å². The van der Waals surface area contributed by atoms with Crippen molar-refractivity contribution >= 4 is 12.6 Å². The Morgan fingerprint density at radius 1 is 0.579 bits per heavy atom. The van der Waals surface area contributed by atoms with Gasteiger partial charge in [0.25, 0.3) is 0 Å². The van der Waals surface area contributed by atoms with Gasteiger partial charge in [0.1, 0.15) is 0 Å². The highest BCUT2D eigenvalue weighted by Gasteiger charge is 2.07. The minimum absolute atomic E-state index is 0.955. The Morgan fingerprint density at radius 3 is 1.63 bits per heavy atom. The van der Waals surface area contributed by atoms with Gasteiger partial charge in [0.2, 0.25) is 0 Å². The minimum atomic E-state index is 0.955. The summed E-state index contributed by atoms with van der Waals surface area (Å²) in [6.45, 7) is 4.62. The molecule has 115 valence electrons. The molecule has 0 spiro atoms. The Balaban J connectivity index is 3.36. The van der Waals surface area contributed by atoms with Gasteiger partial charge in [-0.3, -0.25) is 0 Å². The molecule has 1 atom stereocenters. The van der Waals surface area contributed by atoms with Gasteiger partial charge in [-0.25, -0.2) is 0 Å². The molecule has 0 N–H and O–H groups in total. The van der Waals surface area contributed by atoms with Crippen molar-refractivity contribution in [2.24, 2.45) is 5.92 Å². The van der Waals surface area contributed by atoms with Crippen LogP contribution in [0.4, 0.5) is 0 Å². The maximum absolute atomic E-state index is 5.03. The quantitative estimate of drug-likeness (QED) is 0.277. The molecule has 1 heteroatoms. The first kappa shape index (κ1) is 19.4. The molecule has 0 amide bonds. The van der Waals surface area contributed by atoms with Crippen LogP contribution in [0.2, 0.25) is 0 Å². The Morgan fingerprint density at radius 2 is 1.11 bits per heavy atom. The normalized spacial score (nSPS) is 12.8. The maximum Gasteiger partial charge on any atom is 0.00369 e. The maximum atomic E-state index is 5.03. The lowest BCUT2D eigenvalue weighted by molar-refractivity contribution is 0.383. The fourth-order valence-corrected chi connectivity index (χ4v) is 3.15. The highest BCUT2D eigenvalue weighted by molar-refractivity contribution is 7.80. The molecular weight excluding hydrogens is 248 g/mol. The van der Waals surface area contributed by atoms with Crippen LogP contribution in [0.15, 0.2) is 0 Å². The van der Waals surface area contributed by atoms with E-state index >= 15 is 0 Å². The summed E-state index contributed by atoms with van der Waals surface area (Å²) < 4.78 is 0. The highest BCUT2D eigenvalue weighted by atomic mass is 32.1. The van der Waals surface area contributed by atoms with E-state index in [0.29, 0.717) is 0 Å². The second-order valence-corrected chi connectivity index (χ2v) is 6.53. The predicted molar refractivity (Wildman–Crippen MR) is 91.9 cm³/mol. The largest absolute Gasteiger partial charge is 0.0942 e. The summed E-state index contributed by atoms with van der Waals surface area (Å²) in [7, 11) is 0. The molecule has 0 bridgehead atoms. The predicted octanol–water partition coefficient (Wildman–Crippen LogP) is 7.30. The second-order valence-electron chi connectivity index (χ2n) is 6.12. The summed E-state index contributed by atoms with van der Waals surface area (Å²) >= 11 is 5.03. The van der Waals surface area contributed by atoms with E-state index in [1.165, 1.54) is 89.9 Å². The molecule has 0 saturated carbocycles. The highest BCUT2D eigenvalue weighted by Crippen LogP contribution is 2.22. The molecule has 1 unspecified atom stereocenters. The van der Waals surface area contributed by atoms with Crippen LogP contribution < -0.4 is 0 Å². The summed E-state index contributed by atoms with van der Waals surface area (Å²) in [5, 5.41) is 0. The first-order chi connectivity index (χ1) is 9.35. The van der Waals surface area contributed by atoms with E-state index in [-0.39, 0.29) is 0 Å². The number of hydrogen-bond acceptors (Lipinski definition) is 0. The van der Waals surface area contributed by atoms with Crippen LogP contribution in [0.1, 0.15) is 104 Å². The van der Waals surface area contributed by atoms with Crippen molar-refractivity contribution in [3.05, 3.63) is 0 Å². The third kappa shape index (κ3) is 14.6. The van der Waals surface area contributed by atoms with Crippen molar-refractivity contribution in [1.82, 2.24) is 0 Å². The molecule has 0 aromatic carbocycles. The third-order valence-electron chi connectivity index (χ3n) is 4.17. The number of hydrogen-bond donors (Lipinski definition) is 0. The van der Waals surface area contributed by atoms with E-state index in [4.69, 9.17) is 12.6 Å². The van der Waals surface area contributed by atoms with Crippen LogP contribution in [-0.2, 0) is 0 Å². The van der Waals surface area contributed by atoms with Crippen LogP contribution in [0.5, 0.6) is 0 Å². The summed E-state index contributed by atoms with van der Waals surface area (Å²) in [5.41, 5.74) is 0. The molecule has 19 heavy (non-hydrogen) atoms. The van der Waals surface area contributed by atoms with Gasteiger partial charge in [0, 0.05) is 5.75 Å². The molecule has 0 fully saturated rings. The molecule has 0 nitrogen and oxygen atoms in total. The molecule has 0 aromatic heterocycles. The zero-order valence-corrected chi connectivity index (χ0v) is 14.4. The Hall–Kier alpha value is 0.350. The van der Waals surface area contributed by atoms with E-state index in [1.54, 1.807) is 0 Å². The zero-order valence-electron chi connectivity index (χ0n) is 13.6. The Kier molecular flexibility index (Phi) is 16.7. The van der Waals surface area contributed by atoms with Gasteiger partial charge in [-0.2, -0.15) is 0 Å². The SMILES string of the molecule is CCCCCCCCCCC(CCC)CCCC[S]. The number of unbranched alkanes of at least 4 members (excludes halogenated alkanes) is 8. The summed E-state index contributed by atoms with van der Waals surface area (Å²) in [5.74, 6) is 1.95. The minimum Gasteiger partial charge on any atom is -0.0942 e. The topological polar surface area (TPSA) is 0 Å². The molecule has 0 aliphatic heterocycles. The van der Waals surface area contributed by atoms with Crippen molar-refractivity contribution < 1.29 is 0 Å². The molecule has 0 saturated heterocycles. The van der Waals surface area contributed by atoms with Gasteiger partial charge < -0.3 is 0 Å². The zero-order chi connectivity index (χ0) is 14.2. The smallest absolute Gasteiger partial charge is 0.00369 e. The fourth-order valence-electron chi connectivity index (χ4n) is 2.94. The molecule has 0 aliphatic rings. The van der Waals surface area contributed by atoms with E-state index in [9.17, 15) is 0 Å². The van der Waals surface area contributed by atoms with Crippen molar-refractivity contribution in [3.63, 3.8) is 0 Å². The van der Waals surface area contributed by atoms with E-state index in [0.717, 1.165) is 11.7 Å². The lowest BCUT2D eigenvalue weighted by atomic mass is 9.91. The molecule has 0 aromatic rings. The average Bonchev–Trinajstić information content (AvgIpc) is 2.42. The molecule has 1 radical (unpaired) electrons. The van der Waals surface area contributed by atoms with Gasteiger partial charge in [0.15, 0.2) is 0 Å². The Labute approximate surface area is 128 Å². The van der Waals surface area contributed by atoms with E-state index < -0.39 is 0 Å². The second kappa shape index (κ2) is 16.4. The van der Waals surface area contributed by atoms with Crippen LogP contribution in [0.3, 0.4) is 0 Å². The first-order valence-corrected chi connectivity index (χ1v) is 9.50. The fraction of sp³-hybridized carbons (Fsp3) is 1.00. The first-order valence-electron chi connectivity index (χ1n) is 8.93. The van der Waals surface area contributed by atoms with Crippen LogP contribution in [0.25, 0.3) is 0 Å². The van der Waals surface area contributed by atoms with E-state index in [1.807, 2.05) is 0 Å². The van der Waals surface area contributed by atoms with Crippen LogP contribution in [0, 0.1) is 5.92 Å². The molecule has 0 aliphatic carbocycles. The van der Waals surface area contributed by atoms with E-state index in [2.05, 4.69) is 13.8 Å². The molecule has 0 rings (SSSR count). The van der Waals surface area contributed by atoms with Crippen molar-refractivity contribution in [2.75, 3.05) is 5.75 Å². The van der Waals surface area contributed by atoms with Crippen molar-refractivity contribution in [1.29, 1.82) is 0 Å². The summed E-state index contributed by atoms with van der Waals surface area (Å²) in [6.07, 6.45) is 19.9. The monoisotopic (exact) mass is 285 g/mol. The van der Waals surface area contributed by atoms with Crippen molar-refractivity contribution in [3.8, 4) is 0 Å². The Bertz CT molecular complexity index is 156. The van der Waals surface area contributed by atoms with Crippen LogP contribution >= 0.6 is 12.6 Å². The van der Waals surface area contributed by atoms with Gasteiger partial charge in [-0.1, -0.05) is 110 Å². The third-order valence-corrected chi connectivity index (χ3v) is 4.46. The van der Waals surface area contributed by atoms with Crippen molar-refractivity contribution in [2.45, 2.75) is 104 Å². The number of rotatable bonds is 15. The lowest BCUT2D eigenvalue weighted by Crippen LogP contribution is -2.00. The summed E-state index contributed by atoms with van der Waals surface area (Å²) in [6, 6.07) is 0. The van der Waals surface area contributed by atoms with Crippen LogP contribution in [-0.4, -0.2) is 5.75 Å². The standard InChI is InChI=1S/C18H37S/c1-3-5-6-7-8-9-10-11-15-18(14-4-2)16-12-13-17-19/h18H,3-17H2,1-2H3. The molecule has 0 heterocycles. The average molecular weight is 286 g/mol. The van der Waals surface area contributed by atoms with Gasteiger partial charge in [0.05, 0.1) is 0 Å². The van der Waals surface area contributed by atoms with Gasteiger partial charge >= 0.3 is 0 Å². The molecular formula is C18H37S.